The molecule has 0 unspecified atom stereocenters. The zero-order valence-electron chi connectivity index (χ0n) is 14.8. The van der Waals surface area contributed by atoms with E-state index in [0.29, 0.717) is 6.54 Å². The fraction of sp³-hybridized carbons (Fsp3) is 0.444. The minimum Gasteiger partial charge on any atom is -0.469 e. The van der Waals surface area contributed by atoms with E-state index in [1.807, 2.05) is 57.4 Å². The van der Waals surface area contributed by atoms with Gasteiger partial charge >= 0.3 is 5.97 Å². The zero-order valence-corrected chi connectivity index (χ0v) is 14.8. The largest absolute Gasteiger partial charge is 0.469 e. The molecule has 1 heterocycles. The van der Waals surface area contributed by atoms with Gasteiger partial charge in [-0.2, -0.15) is 0 Å². The molecule has 1 aromatic heterocycles. The molecule has 0 aromatic carbocycles. The lowest BCUT2D eigenvalue weighted by atomic mass is 10.2. The predicted molar refractivity (Wildman–Crippen MR) is 93.7 cm³/mol. The van der Waals surface area contributed by atoms with E-state index in [1.165, 1.54) is 7.11 Å². The second-order valence-electron chi connectivity index (χ2n) is 3.72. The van der Waals surface area contributed by atoms with Crippen LogP contribution in [-0.4, -0.2) is 22.6 Å². The summed E-state index contributed by atoms with van der Waals surface area (Å²) >= 11 is 0. The van der Waals surface area contributed by atoms with Crippen molar-refractivity contribution < 1.29 is 9.53 Å². The molecule has 1 rings (SSSR count). The standard InChI is InChI=1S/C14H18N2O2.2C2H6/c1-4-6-7-12(5-2)10-16-11-15-9-13(16)8-14(17)18-3;2*1-2/h4-7,9,11H,1,8,10H2,2-3H3;2*1-2H3/b7-6-,12-5+;;. The monoisotopic (exact) mass is 306 g/mol. The van der Waals surface area contributed by atoms with Gasteiger partial charge < -0.3 is 9.30 Å². The van der Waals surface area contributed by atoms with Gasteiger partial charge in [-0.3, -0.25) is 4.79 Å². The Labute approximate surface area is 135 Å². The van der Waals surface area contributed by atoms with Crippen molar-refractivity contribution in [2.75, 3.05) is 7.11 Å². The Hall–Kier alpha value is -2.10. The van der Waals surface area contributed by atoms with Gasteiger partial charge in [0.25, 0.3) is 0 Å². The number of allylic oxidation sites excluding steroid dienone is 5. The van der Waals surface area contributed by atoms with Crippen LogP contribution in [0.4, 0.5) is 0 Å². The van der Waals surface area contributed by atoms with Crippen LogP contribution in [0.25, 0.3) is 0 Å². The SMILES string of the molecule is C=C/C=C\C(=C/C)Cn1cncc1CC(=O)OC.CC.CC. The number of carbonyl (C=O) groups excluding carboxylic acids is 1. The molecule has 0 atom stereocenters. The number of imidazole rings is 1. The molecular formula is C18H30N2O2. The third-order valence-electron chi connectivity index (χ3n) is 2.52. The van der Waals surface area contributed by atoms with Crippen LogP contribution in [-0.2, 0) is 22.5 Å². The molecule has 0 N–H and O–H groups in total. The van der Waals surface area contributed by atoms with E-state index in [-0.39, 0.29) is 12.4 Å². The van der Waals surface area contributed by atoms with Gasteiger partial charge in [0, 0.05) is 18.4 Å². The normalized spacial score (nSPS) is 10.2. The highest BCUT2D eigenvalue weighted by Gasteiger charge is 2.08. The molecule has 22 heavy (non-hydrogen) atoms. The minimum atomic E-state index is -0.264. The number of ether oxygens (including phenoxy) is 1. The maximum Gasteiger partial charge on any atom is 0.311 e. The topological polar surface area (TPSA) is 44.1 Å². The number of carbonyl (C=O) groups is 1. The fourth-order valence-corrected chi connectivity index (χ4v) is 1.49. The maximum absolute atomic E-state index is 11.3. The Morgan fingerprint density at radius 1 is 1.36 bits per heavy atom. The van der Waals surface area contributed by atoms with E-state index >= 15 is 0 Å². The van der Waals surface area contributed by atoms with Gasteiger partial charge in [0.15, 0.2) is 0 Å². The van der Waals surface area contributed by atoms with Crippen LogP contribution in [0.2, 0.25) is 0 Å². The van der Waals surface area contributed by atoms with Crippen molar-refractivity contribution in [1.29, 1.82) is 0 Å². The van der Waals surface area contributed by atoms with Crippen LogP contribution in [0.15, 0.2) is 49.0 Å². The Morgan fingerprint density at radius 2 is 2.00 bits per heavy atom. The lowest BCUT2D eigenvalue weighted by Gasteiger charge is -2.08. The lowest BCUT2D eigenvalue weighted by molar-refractivity contribution is -0.139. The average molecular weight is 306 g/mol. The first kappa shape index (κ1) is 22.2. The molecule has 0 radical (unpaired) electrons. The lowest BCUT2D eigenvalue weighted by Crippen LogP contribution is -2.10. The summed E-state index contributed by atoms with van der Waals surface area (Å²) in [4.78, 5) is 15.3. The summed E-state index contributed by atoms with van der Waals surface area (Å²) in [5.74, 6) is -0.264. The summed E-state index contributed by atoms with van der Waals surface area (Å²) in [6.45, 7) is 14.3. The molecule has 0 saturated heterocycles. The smallest absolute Gasteiger partial charge is 0.311 e. The van der Waals surface area contributed by atoms with E-state index in [0.717, 1.165) is 11.3 Å². The van der Waals surface area contributed by atoms with Crippen molar-refractivity contribution >= 4 is 5.97 Å². The molecule has 124 valence electrons. The highest BCUT2D eigenvalue weighted by molar-refractivity contribution is 5.71. The summed E-state index contributed by atoms with van der Waals surface area (Å²) in [6.07, 6.45) is 11.2. The molecule has 0 bridgehead atoms. The molecule has 1 aromatic rings. The Bertz CT molecular complexity index is 471. The van der Waals surface area contributed by atoms with E-state index in [4.69, 9.17) is 0 Å². The molecule has 4 nitrogen and oxygen atoms in total. The van der Waals surface area contributed by atoms with Crippen LogP contribution >= 0.6 is 0 Å². The first-order valence-corrected chi connectivity index (χ1v) is 7.71. The van der Waals surface area contributed by atoms with E-state index < -0.39 is 0 Å². The van der Waals surface area contributed by atoms with Crippen molar-refractivity contribution in [2.45, 2.75) is 47.6 Å². The minimum absolute atomic E-state index is 0.235. The van der Waals surface area contributed by atoms with Gasteiger partial charge in [-0.15, -0.1) is 0 Å². The maximum atomic E-state index is 11.3. The number of methoxy groups -OCH3 is 1. The summed E-state index contributed by atoms with van der Waals surface area (Å²) in [5.41, 5.74) is 1.97. The van der Waals surface area contributed by atoms with Crippen LogP contribution in [0.3, 0.4) is 0 Å². The first-order valence-electron chi connectivity index (χ1n) is 7.71. The van der Waals surface area contributed by atoms with Gasteiger partial charge in [0.05, 0.1) is 19.9 Å². The van der Waals surface area contributed by atoms with Crippen LogP contribution in [0, 0.1) is 0 Å². The number of aromatic nitrogens is 2. The van der Waals surface area contributed by atoms with Gasteiger partial charge in [0.1, 0.15) is 0 Å². The molecule has 0 amide bonds. The quantitative estimate of drug-likeness (QED) is 0.580. The number of rotatable bonds is 6. The molecule has 0 fully saturated rings. The second kappa shape index (κ2) is 15.3. The number of hydrogen-bond acceptors (Lipinski definition) is 3. The summed E-state index contributed by atoms with van der Waals surface area (Å²) in [6, 6.07) is 0. The highest BCUT2D eigenvalue weighted by atomic mass is 16.5. The van der Waals surface area contributed by atoms with Crippen LogP contribution < -0.4 is 0 Å². The fourth-order valence-electron chi connectivity index (χ4n) is 1.49. The molecule has 0 aliphatic rings. The van der Waals surface area contributed by atoms with Crippen LogP contribution in [0.5, 0.6) is 0 Å². The molecule has 0 aliphatic carbocycles. The van der Waals surface area contributed by atoms with Crippen LogP contribution in [0.1, 0.15) is 40.3 Å². The van der Waals surface area contributed by atoms with E-state index in [1.54, 1.807) is 18.6 Å². The Balaban J connectivity index is 0. The van der Waals surface area contributed by atoms with Crippen molar-refractivity contribution in [2.24, 2.45) is 0 Å². The number of esters is 1. The zero-order chi connectivity index (χ0) is 17.4. The molecule has 0 aliphatic heterocycles. The molecule has 0 spiro atoms. The summed E-state index contributed by atoms with van der Waals surface area (Å²) in [5, 5.41) is 0. The van der Waals surface area contributed by atoms with Gasteiger partial charge in [0.2, 0.25) is 0 Å². The summed E-state index contributed by atoms with van der Waals surface area (Å²) < 4.78 is 6.58. The first-order chi connectivity index (χ1) is 10.7. The van der Waals surface area contributed by atoms with E-state index in [9.17, 15) is 4.79 Å². The van der Waals surface area contributed by atoms with Crippen molar-refractivity contribution in [3.8, 4) is 0 Å². The Kier molecular flexibility index (Phi) is 15.4. The van der Waals surface area contributed by atoms with Gasteiger partial charge in [-0.05, 0) is 12.5 Å². The number of hydrogen-bond donors (Lipinski definition) is 0. The van der Waals surface area contributed by atoms with E-state index in [2.05, 4.69) is 16.3 Å². The predicted octanol–water partition coefficient (Wildman–Crippen LogP) is 4.34. The highest BCUT2D eigenvalue weighted by Crippen LogP contribution is 2.07. The van der Waals surface area contributed by atoms with Crippen molar-refractivity contribution in [1.82, 2.24) is 9.55 Å². The Morgan fingerprint density at radius 3 is 2.50 bits per heavy atom. The van der Waals surface area contributed by atoms with Crippen molar-refractivity contribution in [3.05, 3.63) is 54.7 Å². The third-order valence-corrected chi connectivity index (χ3v) is 2.52. The van der Waals surface area contributed by atoms with Crippen molar-refractivity contribution in [3.63, 3.8) is 0 Å². The molecule has 4 heteroatoms. The number of nitrogens with zero attached hydrogens (tertiary/aromatic N) is 2. The van der Waals surface area contributed by atoms with Gasteiger partial charge in [-0.25, -0.2) is 4.98 Å². The molecular weight excluding hydrogens is 276 g/mol. The van der Waals surface area contributed by atoms with Gasteiger partial charge in [-0.1, -0.05) is 58.6 Å². The summed E-state index contributed by atoms with van der Waals surface area (Å²) in [7, 11) is 1.38. The molecule has 0 saturated carbocycles. The second-order valence-corrected chi connectivity index (χ2v) is 3.72. The third kappa shape index (κ3) is 8.95. The average Bonchev–Trinajstić information content (AvgIpc) is 3.01.